The molecule has 0 spiro atoms. The van der Waals surface area contributed by atoms with Crippen molar-refractivity contribution in [3.63, 3.8) is 0 Å². The van der Waals surface area contributed by atoms with Gasteiger partial charge in [0.25, 0.3) is 5.91 Å². The van der Waals surface area contributed by atoms with Gasteiger partial charge >= 0.3 is 0 Å². The van der Waals surface area contributed by atoms with E-state index in [0.717, 1.165) is 42.3 Å². The molecular weight excluding hydrogens is 332 g/mol. The van der Waals surface area contributed by atoms with Gasteiger partial charge < -0.3 is 10.2 Å². The largest absolute Gasteiger partial charge is 0.357 e. The second-order valence-corrected chi connectivity index (χ2v) is 7.80. The van der Waals surface area contributed by atoms with Crippen molar-refractivity contribution in [2.24, 2.45) is 0 Å². The number of piperidine rings is 1. The molecule has 0 atom stereocenters. The van der Waals surface area contributed by atoms with Gasteiger partial charge in [0.15, 0.2) is 0 Å². The summed E-state index contributed by atoms with van der Waals surface area (Å²) >= 11 is 1.50. The number of carbonyl (C=O) groups excluding carboxylic acids is 1. The Hall–Kier alpha value is -1.95. The summed E-state index contributed by atoms with van der Waals surface area (Å²) in [5.41, 5.74) is 1.50. The van der Waals surface area contributed by atoms with E-state index in [-0.39, 0.29) is 5.91 Å². The number of hydrogen-bond donors (Lipinski definition) is 1. The van der Waals surface area contributed by atoms with Crippen molar-refractivity contribution in [2.45, 2.75) is 51.0 Å². The van der Waals surface area contributed by atoms with E-state index in [4.69, 9.17) is 0 Å². The quantitative estimate of drug-likeness (QED) is 0.903. The summed E-state index contributed by atoms with van der Waals surface area (Å²) in [5, 5.41) is 5.80. The molecule has 1 aliphatic carbocycles. The lowest BCUT2D eigenvalue weighted by molar-refractivity contribution is 0.0933. The van der Waals surface area contributed by atoms with Crippen molar-refractivity contribution in [1.29, 1.82) is 0 Å². The average Bonchev–Trinajstić information content (AvgIpc) is 3.34. The van der Waals surface area contributed by atoms with Crippen LogP contribution >= 0.6 is 11.3 Å². The zero-order chi connectivity index (χ0) is 17.1. The lowest BCUT2D eigenvalue weighted by Crippen LogP contribution is -2.32. The van der Waals surface area contributed by atoms with Crippen LogP contribution in [-0.2, 0) is 0 Å². The van der Waals surface area contributed by atoms with Crippen LogP contribution in [0.5, 0.6) is 0 Å². The van der Waals surface area contributed by atoms with Crippen molar-refractivity contribution in [3.05, 3.63) is 29.4 Å². The van der Waals surface area contributed by atoms with E-state index < -0.39 is 0 Å². The Morgan fingerprint density at radius 2 is 1.92 bits per heavy atom. The van der Waals surface area contributed by atoms with E-state index in [9.17, 15) is 4.79 Å². The van der Waals surface area contributed by atoms with Crippen molar-refractivity contribution in [3.8, 4) is 10.6 Å². The van der Waals surface area contributed by atoms with Gasteiger partial charge in [-0.3, -0.25) is 4.79 Å². The number of hydrogen-bond acceptors (Lipinski definition) is 5. The maximum absolute atomic E-state index is 12.3. The summed E-state index contributed by atoms with van der Waals surface area (Å²) in [6.45, 7) is 2.18. The molecule has 1 saturated carbocycles. The third-order valence-electron chi connectivity index (χ3n) is 5.10. The molecule has 5 nitrogen and oxygen atoms in total. The third-order valence-corrected chi connectivity index (χ3v) is 5.99. The molecule has 0 radical (unpaired) electrons. The zero-order valence-corrected chi connectivity index (χ0v) is 15.2. The number of nitrogens with zero attached hydrogens (tertiary/aromatic N) is 3. The Balaban J connectivity index is 1.43. The standard InChI is InChI=1S/C19H24N4OS/c24-18(21-15-6-2-3-7-15)16-13-25-19(22-16)14-8-9-17(20-12-14)23-10-4-1-5-11-23/h8-9,12-13,15H,1-7,10-11H2,(H,21,24). The Morgan fingerprint density at radius 1 is 1.12 bits per heavy atom. The number of aromatic nitrogens is 2. The molecule has 25 heavy (non-hydrogen) atoms. The first-order valence-electron chi connectivity index (χ1n) is 9.27. The van der Waals surface area contributed by atoms with Gasteiger partial charge in [-0.25, -0.2) is 9.97 Å². The van der Waals surface area contributed by atoms with Gasteiger partial charge in [0.1, 0.15) is 16.5 Å². The molecule has 2 aromatic heterocycles. The number of anilines is 1. The Morgan fingerprint density at radius 3 is 2.64 bits per heavy atom. The monoisotopic (exact) mass is 356 g/mol. The van der Waals surface area contributed by atoms with Gasteiger partial charge in [-0.1, -0.05) is 12.8 Å². The maximum Gasteiger partial charge on any atom is 0.270 e. The number of thiazole rings is 1. The van der Waals surface area contributed by atoms with E-state index in [1.165, 1.54) is 43.4 Å². The lowest BCUT2D eigenvalue weighted by Gasteiger charge is -2.27. The van der Waals surface area contributed by atoms with Crippen LogP contribution in [0.15, 0.2) is 23.7 Å². The Bertz CT molecular complexity index is 715. The minimum Gasteiger partial charge on any atom is -0.357 e. The van der Waals surface area contributed by atoms with Crippen molar-refractivity contribution in [1.82, 2.24) is 15.3 Å². The van der Waals surface area contributed by atoms with E-state index >= 15 is 0 Å². The van der Waals surface area contributed by atoms with E-state index in [1.54, 1.807) is 0 Å². The van der Waals surface area contributed by atoms with Crippen molar-refractivity contribution in [2.75, 3.05) is 18.0 Å². The highest BCUT2D eigenvalue weighted by Crippen LogP contribution is 2.26. The predicted octanol–water partition coefficient (Wildman–Crippen LogP) is 3.87. The van der Waals surface area contributed by atoms with Gasteiger partial charge in [0, 0.05) is 36.3 Å². The summed E-state index contributed by atoms with van der Waals surface area (Å²) in [7, 11) is 0. The lowest BCUT2D eigenvalue weighted by atomic mass is 10.1. The molecule has 6 heteroatoms. The van der Waals surface area contributed by atoms with Crippen molar-refractivity contribution < 1.29 is 4.79 Å². The van der Waals surface area contributed by atoms with Crippen molar-refractivity contribution >= 4 is 23.1 Å². The fraction of sp³-hybridized carbons (Fsp3) is 0.526. The minimum absolute atomic E-state index is 0.0488. The van der Waals surface area contributed by atoms with Crippen LogP contribution in [0.3, 0.4) is 0 Å². The fourth-order valence-electron chi connectivity index (χ4n) is 3.66. The average molecular weight is 356 g/mol. The first-order valence-corrected chi connectivity index (χ1v) is 10.2. The van der Waals surface area contributed by atoms with Crippen LogP contribution in [0.2, 0.25) is 0 Å². The number of pyridine rings is 1. The molecule has 132 valence electrons. The fourth-order valence-corrected chi connectivity index (χ4v) is 4.45. The van der Waals surface area contributed by atoms with E-state index in [0.29, 0.717) is 11.7 Å². The number of carbonyl (C=O) groups is 1. The molecule has 2 aliphatic rings. The molecule has 2 aromatic rings. The van der Waals surface area contributed by atoms with Crippen LogP contribution in [0, 0.1) is 0 Å². The topological polar surface area (TPSA) is 58.1 Å². The molecule has 0 bridgehead atoms. The highest BCUT2D eigenvalue weighted by molar-refractivity contribution is 7.13. The highest BCUT2D eigenvalue weighted by atomic mass is 32.1. The molecule has 1 amide bonds. The SMILES string of the molecule is O=C(NC1CCCC1)c1csc(-c2ccc(N3CCCCC3)nc2)n1. The zero-order valence-electron chi connectivity index (χ0n) is 14.4. The molecule has 2 fully saturated rings. The molecule has 0 unspecified atom stereocenters. The first-order chi connectivity index (χ1) is 12.3. The molecular formula is C19H24N4OS. The maximum atomic E-state index is 12.3. The second kappa shape index (κ2) is 7.52. The van der Waals surface area contributed by atoms with E-state index in [1.807, 2.05) is 11.6 Å². The molecule has 3 heterocycles. The number of amides is 1. The molecule has 1 N–H and O–H groups in total. The molecule has 4 rings (SSSR count). The van der Waals surface area contributed by atoms with E-state index in [2.05, 4.69) is 32.3 Å². The van der Waals surface area contributed by atoms with Crippen LogP contribution in [0.4, 0.5) is 5.82 Å². The third kappa shape index (κ3) is 3.84. The van der Waals surface area contributed by atoms with Gasteiger partial charge in [0.05, 0.1) is 0 Å². The molecule has 0 aromatic carbocycles. The normalized spacial score (nSPS) is 18.5. The van der Waals surface area contributed by atoms with Crippen LogP contribution in [0.1, 0.15) is 55.4 Å². The van der Waals surface area contributed by atoms with Crippen LogP contribution < -0.4 is 10.2 Å². The van der Waals surface area contributed by atoms with Crippen LogP contribution in [-0.4, -0.2) is 35.0 Å². The van der Waals surface area contributed by atoms with Gasteiger partial charge in [0.2, 0.25) is 0 Å². The van der Waals surface area contributed by atoms with Crippen LogP contribution in [0.25, 0.3) is 10.6 Å². The minimum atomic E-state index is -0.0488. The first kappa shape index (κ1) is 16.5. The van der Waals surface area contributed by atoms with Gasteiger partial charge in [-0.05, 0) is 44.2 Å². The van der Waals surface area contributed by atoms with Gasteiger partial charge in [-0.15, -0.1) is 11.3 Å². The Kier molecular flexibility index (Phi) is 4.97. The highest BCUT2D eigenvalue weighted by Gasteiger charge is 2.20. The van der Waals surface area contributed by atoms with Gasteiger partial charge in [-0.2, -0.15) is 0 Å². The Labute approximate surface area is 152 Å². The number of rotatable bonds is 4. The second-order valence-electron chi connectivity index (χ2n) is 6.95. The summed E-state index contributed by atoms with van der Waals surface area (Å²) in [4.78, 5) is 23.8. The number of nitrogens with one attached hydrogen (secondary N) is 1. The summed E-state index contributed by atoms with van der Waals surface area (Å²) in [6, 6.07) is 4.46. The summed E-state index contributed by atoms with van der Waals surface area (Å²) in [5.74, 6) is 0.992. The summed E-state index contributed by atoms with van der Waals surface area (Å²) < 4.78 is 0. The smallest absolute Gasteiger partial charge is 0.270 e. The molecule has 1 aliphatic heterocycles. The predicted molar refractivity (Wildman–Crippen MR) is 101 cm³/mol. The molecule has 1 saturated heterocycles. The summed E-state index contributed by atoms with van der Waals surface area (Å²) in [6.07, 6.45) is 10.3.